The molecule has 0 N–H and O–H groups in total. The van der Waals surface area contributed by atoms with Crippen molar-refractivity contribution in [1.29, 1.82) is 5.26 Å². The monoisotopic (exact) mass is 290 g/mol. The topological polar surface area (TPSA) is 80.8 Å². The maximum Gasteiger partial charge on any atom is 0.192 e. The molecule has 0 fully saturated rings. The van der Waals surface area contributed by atoms with Gasteiger partial charge in [-0.05, 0) is 25.1 Å². The number of rotatable bonds is 4. The standard InChI is InChI=1S/C13H11ClN4O2/c1-8-5-9(6-15)17-18(8)13-10(11(19)7-20-2)3-4-12(14)16-13/h3-5H,7H2,1-2H3. The zero-order valence-corrected chi connectivity index (χ0v) is 11.7. The number of hydrogen-bond donors (Lipinski definition) is 0. The molecule has 0 unspecified atom stereocenters. The van der Waals surface area contributed by atoms with Crippen molar-refractivity contribution < 1.29 is 9.53 Å². The molecule has 2 heterocycles. The number of aryl methyl sites for hydroxylation is 1. The van der Waals surface area contributed by atoms with Gasteiger partial charge in [0.25, 0.3) is 0 Å². The van der Waals surface area contributed by atoms with E-state index in [2.05, 4.69) is 10.1 Å². The average Bonchev–Trinajstić information content (AvgIpc) is 2.80. The molecule has 2 aromatic heterocycles. The van der Waals surface area contributed by atoms with Crippen LogP contribution in [0.1, 0.15) is 21.7 Å². The van der Waals surface area contributed by atoms with Gasteiger partial charge in [0.1, 0.15) is 17.8 Å². The largest absolute Gasteiger partial charge is 0.377 e. The molecule has 20 heavy (non-hydrogen) atoms. The Labute approximate surface area is 120 Å². The average molecular weight is 291 g/mol. The first-order chi connectivity index (χ1) is 9.56. The molecule has 102 valence electrons. The number of nitriles is 1. The smallest absolute Gasteiger partial charge is 0.192 e. The number of carbonyl (C=O) groups excluding carboxylic acids is 1. The second-order valence-electron chi connectivity index (χ2n) is 4.06. The Balaban J connectivity index is 2.60. The summed E-state index contributed by atoms with van der Waals surface area (Å²) >= 11 is 5.88. The molecule has 0 aliphatic heterocycles. The van der Waals surface area contributed by atoms with Crippen LogP contribution in [0.15, 0.2) is 18.2 Å². The lowest BCUT2D eigenvalue weighted by Gasteiger charge is -2.09. The predicted molar refractivity (Wildman–Crippen MR) is 72.0 cm³/mol. The van der Waals surface area contributed by atoms with Crippen LogP contribution in [0.3, 0.4) is 0 Å². The van der Waals surface area contributed by atoms with E-state index in [1.165, 1.54) is 17.9 Å². The second kappa shape index (κ2) is 5.82. The van der Waals surface area contributed by atoms with Crippen molar-refractivity contribution in [3.05, 3.63) is 40.3 Å². The molecule has 0 atom stereocenters. The van der Waals surface area contributed by atoms with Gasteiger partial charge in [0.05, 0.1) is 5.56 Å². The fourth-order valence-corrected chi connectivity index (χ4v) is 1.90. The summed E-state index contributed by atoms with van der Waals surface area (Å²) in [6, 6.07) is 6.64. The first kappa shape index (κ1) is 14.2. The predicted octanol–water partition coefficient (Wildman–Crippen LogP) is 1.93. The van der Waals surface area contributed by atoms with Gasteiger partial charge < -0.3 is 4.74 Å². The molecule has 0 radical (unpaired) electrons. The summed E-state index contributed by atoms with van der Waals surface area (Å²) < 4.78 is 6.27. The van der Waals surface area contributed by atoms with Gasteiger partial charge in [-0.2, -0.15) is 10.4 Å². The van der Waals surface area contributed by atoms with Gasteiger partial charge in [-0.3, -0.25) is 4.79 Å². The lowest BCUT2D eigenvalue weighted by molar-refractivity contribution is 0.0847. The molecule has 7 heteroatoms. The van der Waals surface area contributed by atoms with Gasteiger partial charge in [0, 0.05) is 12.8 Å². The van der Waals surface area contributed by atoms with Crippen molar-refractivity contribution in [3.8, 4) is 11.9 Å². The SMILES string of the molecule is COCC(=O)c1ccc(Cl)nc1-n1nc(C#N)cc1C. The normalized spacial score (nSPS) is 10.3. The van der Waals surface area contributed by atoms with Crippen molar-refractivity contribution in [3.63, 3.8) is 0 Å². The van der Waals surface area contributed by atoms with Crippen LogP contribution in [0.5, 0.6) is 0 Å². The third kappa shape index (κ3) is 2.69. The van der Waals surface area contributed by atoms with Crippen LogP contribution in [0, 0.1) is 18.3 Å². The minimum Gasteiger partial charge on any atom is -0.377 e. The summed E-state index contributed by atoms with van der Waals surface area (Å²) in [4.78, 5) is 16.2. The fraction of sp³-hybridized carbons (Fsp3) is 0.231. The number of halogens is 1. The number of ketones is 1. The van der Waals surface area contributed by atoms with E-state index in [4.69, 9.17) is 21.6 Å². The highest BCUT2D eigenvalue weighted by atomic mass is 35.5. The van der Waals surface area contributed by atoms with E-state index >= 15 is 0 Å². The van der Waals surface area contributed by atoms with Crippen LogP contribution in [0.4, 0.5) is 0 Å². The molecule has 0 aliphatic rings. The van der Waals surface area contributed by atoms with Crippen LogP contribution >= 0.6 is 11.6 Å². The first-order valence-corrected chi connectivity index (χ1v) is 6.10. The summed E-state index contributed by atoms with van der Waals surface area (Å²) in [5.74, 6) is 0.0543. The maximum atomic E-state index is 12.0. The van der Waals surface area contributed by atoms with Gasteiger partial charge >= 0.3 is 0 Å². The molecule has 2 rings (SSSR count). The van der Waals surface area contributed by atoms with Crippen LogP contribution in [-0.2, 0) is 4.74 Å². The zero-order chi connectivity index (χ0) is 14.7. The molecule has 0 aliphatic carbocycles. The molecule has 6 nitrogen and oxygen atoms in total. The number of pyridine rings is 1. The minimum absolute atomic E-state index is 0.0677. The number of nitrogens with zero attached hydrogens (tertiary/aromatic N) is 4. The lowest BCUT2D eigenvalue weighted by Crippen LogP contribution is -2.14. The molecule has 0 saturated heterocycles. The van der Waals surface area contributed by atoms with Crippen LogP contribution in [-0.4, -0.2) is 34.3 Å². The van der Waals surface area contributed by atoms with Gasteiger partial charge in [-0.1, -0.05) is 11.6 Å². The molecule has 0 saturated carbocycles. The van der Waals surface area contributed by atoms with Crippen LogP contribution in [0.25, 0.3) is 5.82 Å². The molecule has 2 aromatic rings. The van der Waals surface area contributed by atoms with E-state index < -0.39 is 0 Å². The Kier molecular flexibility index (Phi) is 4.13. The van der Waals surface area contributed by atoms with Crippen molar-refractivity contribution >= 4 is 17.4 Å². The van der Waals surface area contributed by atoms with Crippen molar-refractivity contribution in [1.82, 2.24) is 14.8 Å². The Morgan fingerprint density at radius 1 is 1.55 bits per heavy atom. The van der Waals surface area contributed by atoms with Crippen LogP contribution < -0.4 is 0 Å². The summed E-state index contributed by atoms with van der Waals surface area (Å²) in [6.45, 7) is 1.70. The Hall–Kier alpha value is -2.23. The summed E-state index contributed by atoms with van der Waals surface area (Å²) in [6.07, 6.45) is 0. The highest BCUT2D eigenvalue weighted by molar-refractivity contribution is 6.29. The van der Waals surface area contributed by atoms with E-state index in [-0.39, 0.29) is 23.2 Å². The van der Waals surface area contributed by atoms with E-state index in [0.717, 1.165) is 0 Å². The highest BCUT2D eigenvalue weighted by Crippen LogP contribution is 2.18. The molecular formula is C13H11ClN4O2. The number of ether oxygens (including phenoxy) is 1. The number of Topliss-reactive ketones (excluding diaryl/α,β-unsaturated/α-hetero) is 1. The van der Waals surface area contributed by atoms with Gasteiger partial charge in [-0.25, -0.2) is 9.67 Å². The van der Waals surface area contributed by atoms with E-state index in [1.54, 1.807) is 19.1 Å². The quantitative estimate of drug-likeness (QED) is 0.635. The lowest BCUT2D eigenvalue weighted by atomic mass is 10.2. The van der Waals surface area contributed by atoms with E-state index in [9.17, 15) is 4.79 Å². The van der Waals surface area contributed by atoms with Crippen molar-refractivity contribution in [2.24, 2.45) is 0 Å². The Morgan fingerprint density at radius 2 is 2.30 bits per heavy atom. The molecule has 0 aromatic carbocycles. The van der Waals surface area contributed by atoms with Gasteiger partial charge in [0.15, 0.2) is 17.3 Å². The highest BCUT2D eigenvalue weighted by Gasteiger charge is 2.17. The number of carbonyl (C=O) groups is 1. The van der Waals surface area contributed by atoms with Gasteiger partial charge in [0.2, 0.25) is 0 Å². The molecular weight excluding hydrogens is 280 g/mol. The fourth-order valence-electron chi connectivity index (χ4n) is 1.76. The Morgan fingerprint density at radius 3 is 2.90 bits per heavy atom. The summed E-state index contributed by atoms with van der Waals surface area (Å²) in [7, 11) is 1.44. The van der Waals surface area contributed by atoms with Crippen molar-refractivity contribution in [2.45, 2.75) is 6.92 Å². The molecule has 0 spiro atoms. The number of aromatic nitrogens is 3. The molecule has 0 amide bonds. The number of methoxy groups -OCH3 is 1. The summed E-state index contributed by atoms with van der Waals surface area (Å²) in [5, 5.41) is 13.2. The molecule has 0 bridgehead atoms. The number of hydrogen-bond acceptors (Lipinski definition) is 5. The maximum absolute atomic E-state index is 12.0. The van der Waals surface area contributed by atoms with E-state index in [0.29, 0.717) is 17.1 Å². The minimum atomic E-state index is -0.236. The zero-order valence-electron chi connectivity index (χ0n) is 10.9. The van der Waals surface area contributed by atoms with Crippen molar-refractivity contribution in [2.75, 3.05) is 13.7 Å². The first-order valence-electron chi connectivity index (χ1n) is 5.72. The van der Waals surface area contributed by atoms with E-state index in [1.807, 2.05) is 6.07 Å². The Bertz CT molecular complexity index is 703. The second-order valence-corrected chi connectivity index (χ2v) is 4.44. The summed E-state index contributed by atoms with van der Waals surface area (Å²) in [5.41, 5.74) is 1.27. The third-order valence-electron chi connectivity index (χ3n) is 2.62. The van der Waals surface area contributed by atoms with Crippen LogP contribution in [0.2, 0.25) is 5.15 Å². The van der Waals surface area contributed by atoms with Gasteiger partial charge in [-0.15, -0.1) is 0 Å². The third-order valence-corrected chi connectivity index (χ3v) is 2.83.